The molecule has 0 saturated carbocycles. The maximum absolute atomic E-state index is 13.0. The van der Waals surface area contributed by atoms with Crippen molar-refractivity contribution in [2.75, 3.05) is 20.8 Å². The molecule has 2 aromatic carbocycles. The van der Waals surface area contributed by atoms with Crippen LogP contribution >= 0.6 is 0 Å². The van der Waals surface area contributed by atoms with Crippen molar-refractivity contribution in [1.29, 1.82) is 5.41 Å². The Morgan fingerprint density at radius 1 is 1.21 bits per heavy atom. The zero-order chi connectivity index (χ0) is 24.8. The number of nitrogen functional groups attached to an aromatic ring is 1. The number of aliphatic hydroxyl groups is 1. The third-order valence-electron chi connectivity index (χ3n) is 6.13. The SMILES string of the molecule is COc1ccc(OC)c(CC(O)C(=O)N2CCCC2C(=O)NCc2ccc(C(=N)N)cc2C)c1. The second-order valence-electron chi connectivity index (χ2n) is 8.36. The van der Waals surface area contributed by atoms with Gasteiger partial charge in [0.15, 0.2) is 0 Å². The first-order chi connectivity index (χ1) is 16.2. The largest absolute Gasteiger partial charge is 0.497 e. The first-order valence-electron chi connectivity index (χ1n) is 11.2. The van der Waals surface area contributed by atoms with Crippen molar-refractivity contribution in [3.8, 4) is 11.5 Å². The number of methoxy groups -OCH3 is 2. The predicted octanol–water partition coefficient (Wildman–Crippen LogP) is 1.51. The number of amides is 2. The number of aryl methyl sites for hydroxylation is 1. The molecule has 1 heterocycles. The van der Waals surface area contributed by atoms with Crippen LogP contribution in [0.5, 0.6) is 11.5 Å². The van der Waals surface area contributed by atoms with E-state index in [9.17, 15) is 14.7 Å². The molecule has 0 aliphatic carbocycles. The highest BCUT2D eigenvalue weighted by Crippen LogP contribution is 2.26. The van der Waals surface area contributed by atoms with Gasteiger partial charge in [0.2, 0.25) is 5.91 Å². The number of likely N-dealkylation sites (tertiary alicyclic amines) is 1. The van der Waals surface area contributed by atoms with Crippen LogP contribution in [0.3, 0.4) is 0 Å². The van der Waals surface area contributed by atoms with Crippen LogP contribution in [0.4, 0.5) is 0 Å². The summed E-state index contributed by atoms with van der Waals surface area (Å²) in [5, 5.41) is 21.1. The van der Waals surface area contributed by atoms with Crippen LogP contribution < -0.4 is 20.5 Å². The number of ether oxygens (including phenoxy) is 2. The molecular weight excluding hydrogens is 436 g/mol. The minimum absolute atomic E-state index is 0.0103. The van der Waals surface area contributed by atoms with Gasteiger partial charge in [0.25, 0.3) is 5.91 Å². The lowest BCUT2D eigenvalue weighted by atomic mass is 10.0. The van der Waals surface area contributed by atoms with E-state index in [2.05, 4.69) is 5.32 Å². The highest BCUT2D eigenvalue weighted by atomic mass is 16.5. The third-order valence-corrected chi connectivity index (χ3v) is 6.13. The van der Waals surface area contributed by atoms with E-state index < -0.39 is 18.1 Å². The normalized spacial score (nSPS) is 16.1. The van der Waals surface area contributed by atoms with E-state index in [1.807, 2.05) is 13.0 Å². The van der Waals surface area contributed by atoms with Crippen molar-refractivity contribution in [3.05, 3.63) is 58.7 Å². The Hall–Kier alpha value is -3.59. The number of amidine groups is 1. The fourth-order valence-electron chi connectivity index (χ4n) is 4.19. The van der Waals surface area contributed by atoms with E-state index in [1.54, 1.807) is 37.4 Å². The number of aliphatic hydroxyl groups excluding tert-OH is 1. The molecule has 0 spiro atoms. The van der Waals surface area contributed by atoms with Gasteiger partial charge in [0.05, 0.1) is 14.2 Å². The molecule has 2 unspecified atom stereocenters. The highest BCUT2D eigenvalue weighted by Gasteiger charge is 2.36. The summed E-state index contributed by atoms with van der Waals surface area (Å²) in [5.41, 5.74) is 8.61. The molecule has 5 N–H and O–H groups in total. The van der Waals surface area contributed by atoms with Crippen LogP contribution in [0.25, 0.3) is 0 Å². The van der Waals surface area contributed by atoms with Gasteiger partial charge in [0.1, 0.15) is 29.5 Å². The fraction of sp³-hybridized carbons (Fsp3) is 0.400. The third kappa shape index (κ3) is 5.66. The summed E-state index contributed by atoms with van der Waals surface area (Å²) in [5.74, 6) is 0.399. The van der Waals surface area contributed by atoms with Crippen LogP contribution in [-0.2, 0) is 22.6 Å². The maximum Gasteiger partial charge on any atom is 0.252 e. The zero-order valence-electron chi connectivity index (χ0n) is 19.8. The molecule has 0 radical (unpaired) electrons. The number of hydrogen-bond acceptors (Lipinski definition) is 6. The molecule has 9 heteroatoms. The fourth-order valence-corrected chi connectivity index (χ4v) is 4.19. The van der Waals surface area contributed by atoms with Crippen LogP contribution in [-0.4, -0.2) is 60.6 Å². The Labute approximate surface area is 199 Å². The lowest BCUT2D eigenvalue weighted by Gasteiger charge is -2.26. The van der Waals surface area contributed by atoms with Crippen molar-refractivity contribution in [3.63, 3.8) is 0 Å². The number of rotatable bonds is 9. The van der Waals surface area contributed by atoms with Gasteiger partial charge < -0.3 is 30.5 Å². The monoisotopic (exact) mass is 468 g/mol. The molecule has 1 aliphatic heterocycles. The minimum atomic E-state index is -1.31. The zero-order valence-corrected chi connectivity index (χ0v) is 19.8. The summed E-state index contributed by atoms with van der Waals surface area (Å²) in [4.78, 5) is 27.4. The first-order valence-corrected chi connectivity index (χ1v) is 11.2. The second-order valence-corrected chi connectivity index (χ2v) is 8.36. The molecule has 3 rings (SSSR count). The van der Waals surface area contributed by atoms with Crippen LogP contribution in [0, 0.1) is 12.3 Å². The van der Waals surface area contributed by atoms with Crippen LogP contribution in [0.15, 0.2) is 36.4 Å². The quantitative estimate of drug-likeness (QED) is 0.325. The predicted molar refractivity (Wildman–Crippen MR) is 128 cm³/mol. The molecule has 0 aromatic heterocycles. The molecule has 2 amide bonds. The Balaban J connectivity index is 1.64. The Morgan fingerprint density at radius 3 is 2.62 bits per heavy atom. The van der Waals surface area contributed by atoms with Crippen molar-refractivity contribution in [1.82, 2.24) is 10.2 Å². The van der Waals surface area contributed by atoms with Crippen molar-refractivity contribution < 1.29 is 24.2 Å². The minimum Gasteiger partial charge on any atom is -0.497 e. The lowest BCUT2D eigenvalue weighted by Crippen LogP contribution is -2.49. The molecule has 34 heavy (non-hydrogen) atoms. The average Bonchev–Trinajstić information content (AvgIpc) is 3.32. The van der Waals surface area contributed by atoms with Gasteiger partial charge in [0, 0.05) is 30.6 Å². The van der Waals surface area contributed by atoms with Gasteiger partial charge in [-0.2, -0.15) is 0 Å². The topological polar surface area (TPSA) is 138 Å². The van der Waals surface area contributed by atoms with Gasteiger partial charge in [-0.1, -0.05) is 12.1 Å². The number of nitrogens with zero attached hydrogens (tertiary/aromatic N) is 1. The first kappa shape index (κ1) is 25.0. The van der Waals surface area contributed by atoms with Gasteiger partial charge in [-0.15, -0.1) is 0 Å². The Kier molecular flexibility index (Phi) is 8.12. The van der Waals surface area contributed by atoms with E-state index in [-0.39, 0.29) is 18.2 Å². The summed E-state index contributed by atoms with van der Waals surface area (Å²) in [7, 11) is 3.06. The van der Waals surface area contributed by atoms with Crippen molar-refractivity contribution in [2.24, 2.45) is 5.73 Å². The van der Waals surface area contributed by atoms with Gasteiger partial charge >= 0.3 is 0 Å². The van der Waals surface area contributed by atoms with E-state index in [4.69, 9.17) is 20.6 Å². The second kappa shape index (κ2) is 11.0. The number of nitrogens with two attached hydrogens (primary N) is 1. The molecule has 9 nitrogen and oxygen atoms in total. The Morgan fingerprint density at radius 2 is 1.97 bits per heavy atom. The van der Waals surface area contributed by atoms with E-state index in [0.29, 0.717) is 48.6 Å². The van der Waals surface area contributed by atoms with E-state index in [1.165, 1.54) is 12.0 Å². The number of hydrogen-bond donors (Lipinski definition) is 4. The van der Waals surface area contributed by atoms with Gasteiger partial charge in [-0.25, -0.2) is 0 Å². The lowest BCUT2D eigenvalue weighted by molar-refractivity contribution is -0.145. The smallest absolute Gasteiger partial charge is 0.252 e. The Bertz CT molecular complexity index is 1070. The summed E-state index contributed by atoms with van der Waals surface area (Å²) in [6, 6.07) is 9.93. The highest BCUT2D eigenvalue weighted by molar-refractivity contribution is 5.95. The molecular formula is C25H32N4O5. The molecule has 1 saturated heterocycles. The summed E-state index contributed by atoms with van der Waals surface area (Å²) >= 11 is 0. The molecule has 2 atom stereocenters. The molecule has 1 fully saturated rings. The molecule has 1 aliphatic rings. The van der Waals surface area contributed by atoms with Crippen molar-refractivity contribution >= 4 is 17.6 Å². The number of nitrogens with one attached hydrogen (secondary N) is 2. The molecule has 0 bridgehead atoms. The molecule has 2 aromatic rings. The van der Waals surface area contributed by atoms with Gasteiger partial charge in [-0.3, -0.25) is 15.0 Å². The summed E-state index contributed by atoms with van der Waals surface area (Å²) < 4.78 is 10.6. The van der Waals surface area contributed by atoms with E-state index >= 15 is 0 Å². The van der Waals surface area contributed by atoms with Crippen LogP contribution in [0.1, 0.15) is 35.1 Å². The van der Waals surface area contributed by atoms with E-state index in [0.717, 1.165) is 11.1 Å². The number of benzene rings is 2. The van der Waals surface area contributed by atoms with Crippen molar-refractivity contribution in [2.45, 2.75) is 44.9 Å². The number of carbonyl (C=O) groups is 2. The average molecular weight is 469 g/mol. The van der Waals surface area contributed by atoms with Gasteiger partial charge in [-0.05, 0) is 55.2 Å². The van der Waals surface area contributed by atoms with Crippen LogP contribution in [0.2, 0.25) is 0 Å². The molecule has 182 valence electrons. The summed E-state index contributed by atoms with van der Waals surface area (Å²) in [6.45, 7) is 2.60. The summed E-state index contributed by atoms with van der Waals surface area (Å²) in [6.07, 6.45) is -0.0395. The standard InChI is InChI=1S/C25H32N4O5/c1-15-11-16(23(26)27)6-7-17(15)14-28-24(31)20-5-4-10-29(20)25(32)21(30)13-18-12-19(33-2)8-9-22(18)34-3/h6-9,11-12,20-21,30H,4-5,10,13-14H2,1-3H3,(H3,26,27)(H,28,31). The maximum atomic E-state index is 13.0. The number of carbonyl (C=O) groups excluding carboxylic acids is 2.